The van der Waals surface area contributed by atoms with Crippen LogP contribution in [0.4, 0.5) is 4.79 Å². The van der Waals surface area contributed by atoms with Gasteiger partial charge in [-0.2, -0.15) is 0 Å². The van der Waals surface area contributed by atoms with Crippen molar-refractivity contribution in [2.75, 3.05) is 13.7 Å². The van der Waals surface area contributed by atoms with Crippen LogP contribution in [0.1, 0.15) is 58.1 Å². The Hall–Kier alpha value is -3.06. The largest absolute Gasteiger partial charge is 0.469 e. The minimum absolute atomic E-state index is 0.154. The van der Waals surface area contributed by atoms with Crippen molar-refractivity contribution in [3.8, 4) is 5.00 Å². The summed E-state index contributed by atoms with van der Waals surface area (Å²) < 4.78 is 7.01. The summed E-state index contributed by atoms with van der Waals surface area (Å²) in [4.78, 5) is 28.5. The summed E-state index contributed by atoms with van der Waals surface area (Å²) >= 11 is 1.88. The zero-order valence-corrected chi connectivity index (χ0v) is 19.9. The molecule has 1 atom stereocenters. The van der Waals surface area contributed by atoms with Gasteiger partial charge in [-0.25, -0.2) is 4.79 Å². The number of nitrogens with one attached hydrogen (secondary N) is 1. The van der Waals surface area contributed by atoms with Crippen molar-refractivity contribution in [2.45, 2.75) is 51.6 Å². The van der Waals surface area contributed by atoms with E-state index in [1.807, 2.05) is 16.2 Å². The molecule has 1 aliphatic carbocycles. The summed E-state index contributed by atoms with van der Waals surface area (Å²) in [6.45, 7) is 2.87. The van der Waals surface area contributed by atoms with Crippen LogP contribution in [0.15, 0.2) is 42.6 Å². The molecule has 0 radical (unpaired) electrons. The fraction of sp³-hybridized carbons (Fsp3) is 0.385. The van der Waals surface area contributed by atoms with Gasteiger partial charge in [0.2, 0.25) is 0 Å². The lowest BCUT2D eigenvalue weighted by atomic mass is 9.95. The number of urea groups is 1. The Bertz CT molecular complexity index is 1180. The minimum Gasteiger partial charge on any atom is -0.469 e. The number of carbonyl (C=O) groups excluding carboxylic acids is 2. The topological polar surface area (TPSA) is 63.6 Å². The number of thiophene rings is 1. The molecule has 1 aliphatic heterocycles. The second-order valence-electron chi connectivity index (χ2n) is 8.80. The van der Waals surface area contributed by atoms with Crippen LogP contribution >= 0.6 is 11.3 Å². The monoisotopic (exact) mass is 463 g/mol. The lowest BCUT2D eigenvalue weighted by Gasteiger charge is -2.31. The SMILES string of the molecule is COC(=O)CCNC(=O)N1Cc2c(sc3c2CCCC3)-n2cccc2[C@@H]1c1ccc(C)cc1. The van der Waals surface area contributed by atoms with Gasteiger partial charge in [-0.15, -0.1) is 11.3 Å². The summed E-state index contributed by atoms with van der Waals surface area (Å²) in [5.41, 5.74) is 6.04. The number of carbonyl (C=O) groups is 2. The third-order valence-corrected chi connectivity index (χ3v) is 8.00. The molecular weight excluding hydrogens is 434 g/mol. The Morgan fingerprint density at radius 3 is 2.70 bits per heavy atom. The Kier molecular flexibility index (Phi) is 5.98. The highest BCUT2D eigenvalue weighted by molar-refractivity contribution is 7.15. The van der Waals surface area contributed by atoms with Crippen LogP contribution in [0.2, 0.25) is 0 Å². The number of rotatable bonds is 4. The maximum absolute atomic E-state index is 13.6. The molecule has 7 heteroatoms. The lowest BCUT2D eigenvalue weighted by Crippen LogP contribution is -2.42. The predicted octanol–water partition coefficient (Wildman–Crippen LogP) is 4.90. The molecule has 0 fully saturated rings. The maximum Gasteiger partial charge on any atom is 0.318 e. The highest BCUT2D eigenvalue weighted by Crippen LogP contribution is 2.43. The standard InChI is InChI=1S/C26H29N3O3S/c1-17-9-11-18(12-10-17)24-21-7-5-15-28(21)25-20(19-6-3-4-8-22(19)33-25)16-29(24)26(31)27-14-13-23(30)32-2/h5,7,9-12,15,24H,3-4,6,8,13-14,16H2,1-2H3,(H,27,31)/t24-/m0/s1. The first-order valence-corrected chi connectivity index (χ1v) is 12.4. The van der Waals surface area contributed by atoms with E-state index in [9.17, 15) is 9.59 Å². The van der Waals surface area contributed by atoms with Gasteiger partial charge in [0, 0.05) is 23.2 Å². The van der Waals surface area contributed by atoms with E-state index in [0.29, 0.717) is 6.54 Å². The van der Waals surface area contributed by atoms with Gasteiger partial charge >= 0.3 is 12.0 Å². The number of hydrogen-bond acceptors (Lipinski definition) is 4. The Morgan fingerprint density at radius 1 is 1.12 bits per heavy atom. The number of esters is 1. The molecule has 0 unspecified atom stereocenters. The molecular formula is C26H29N3O3S. The molecule has 33 heavy (non-hydrogen) atoms. The van der Waals surface area contributed by atoms with Gasteiger partial charge in [0.15, 0.2) is 0 Å². The van der Waals surface area contributed by atoms with Crippen molar-refractivity contribution in [2.24, 2.45) is 0 Å². The van der Waals surface area contributed by atoms with Gasteiger partial charge in [0.25, 0.3) is 0 Å². The number of hydrogen-bond donors (Lipinski definition) is 1. The predicted molar refractivity (Wildman–Crippen MR) is 129 cm³/mol. The fourth-order valence-corrected chi connectivity index (χ4v) is 6.37. The highest BCUT2D eigenvalue weighted by atomic mass is 32.1. The maximum atomic E-state index is 13.6. The molecule has 2 amide bonds. The van der Waals surface area contributed by atoms with Crippen LogP contribution in [-0.4, -0.2) is 35.1 Å². The van der Waals surface area contributed by atoms with E-state index in [-0.39, 0.29) is 31.0 Å². The molecule has 3 heterocycles. The van der Waals surface area contributed by atoms with Crippen LogP contribution in [0.25, 0.3) is 5.00 Å². The molecule has 1 N–H and O–H groups in total. The van der Waals surface area contributed by atoms with Crippen LogP contribution in [-0.2, 0) is 28.9 Å². The summed E-state index contributed by atoms with van der Waals surface area (Å²) in [6, 6.07) is 12.2. The number of methoxy groups -OCH3 is 1. The van der Waals surface area contributed by atoms with E-state index in [2.05, 4.69) is 59.4 Å². The number of fused-ring (bicyclic) bond motifs is 5. The van der Waals surface area contributed by atoms with E-state index in [4.69, 9.17) is 4.74 Å². The van der Waals surface area contributed by atoms with E-state index >= 15 is 0 Å². The molecule has 3 aromatic rings. The summed E-state index contributed by atoms with van der Waals surface area (Å²) in [7, 11) is 1.36. The van der Waals surface area contributed by atoms with Crippen molar-refractivity contribution in [3.05, 3.63) is 75.4 Å². The van der Waals surface area contributed by atoms with Gasteiger partial charge < -0.3 is 19.5 Å². The zero-order valence-electron chi connectivity index (χ0n) is 19.1. The molecule has 0 bridgehead atoms. The number of ether oxygens (including phenoxy) is 1. The van der Waals surface area contributed by atoms with Crippen molar-refractivity contribution < 1.29 is 14.3 Å². The Morgan fingerprint density at radius 2 is 1.91 bits per heavy atom. The molecule has 5 rings (SSSR count). The van der Waals surface area contributed by atoms with Gasteiger partial charge in [0.05, 0.1) is 31.8 Å². The average molecular weight is 464 g/mol. The number of aryl methyl sites for hydroxylation is 2. The molecule has 2 aliphatic rings. The summed E-state index contributed by atoms with van der Waals surface area (Å²) in [5, 5.41) is 4.20. The Balaban J connectivity index is 1.58. The molecule has 172 valence electrons. The molecule has 6 nitrogen and oxygen atoms in total. The van der Waals surface area contributed by atoms with E-state index in [1.54, 1.807) is 0 Å². The number of aromatic nitrogens is 1. The summed E-state index contributed by atoms with van der Waals surface area (Å²) in [5.74, 6) is -0.329. The fourth-order valence-electron chi connectivity index (χ4n) is 4.96. The van der Waals surface area contributed by atoms with Gasteiger partial charge in [-0.05, 0) is 55.9 Å². The van der Waals surface area contributed by atoms with Crippen LogP contribution in [0.3, 0.4) is 0 Å². The molecule has 0 saturated carbocycles. The third-order valence-electron chi connectivity index (χ3n) is 6.67. The van der Waals surface area contributed by atoms with Crippen LogP contribution in [0.5, 0.6) is 0 Å². The average Bonchev–Trinajstić information content (AvgIpc) is 3.41. The van der Waals surface area contributed by atoms with Gasteiger partial charge in [-0.3, -0.25) is 4.79 Å². The normalized spacial score (nSPS) is 16.9. The van der Waals surface area contributed by atoms with Crippen LogP contribution < -0.4 is 5.32 Å². The zero-order chi connectivity index (χ0) is 22.9. The van der Waals surface area contributed by atoms with Crippen molar-refractivity contribution in [1.29, 1.82) is 0 Å². The van der Waals surface area contributed by atoms with Crippen molar-refractivity contribution in [3.63, 3.8) is 0 Å². The highest BCUT2D eigenvalue weighted by Gasteiger charge is 2.35. The number of nitrogens with zero attached hydrogens (tertiary/aromatic N) is 2. The number of amides is 2. The second kappa shape index (κ2) is 9.06. The smallest absolute Gasteiger partial charge is 0.318 e. The van der Waals surface area contributed by atoms with Crippen molar-refractivity contribution in [1.82, 2.24) is 14.8 Å². The third kappa shape index (κ3) is 4.06. The number of benzene rings is 1. The first kappa shape index (κ1) is 21.8. The van der Waals surface area contributed by atoms with Gasteiger partial charge in [-0.1, -0.05) is 29.8 Å². The molecule has 1 aromatic carbocycles. The molecule has 2 aromatic heterocycles. The minimum atomic E-state index is -0.329. The molecule has 0 saturated heterocycles. The van der Waals surface area contributed by atoms with E-state index < -0.39 is 0 Å². The second-order valence-corrected chi connectivity index (χ2v) is 9.88. The summed E-state index contributed by atoms with van der Waals surface area (Å²) in [6.07, 6.45) is 6.90. The quantitative estimate of drug-likeness (QED) is 0.560. The van der Waals surface area contributed by atoms with Gasteiger partial charge in [0.1, 0.15) is 5.00 Å². The first-order valence-electron chi connectivity index (χ1n) is 11.6. The van der Waals surface area contributed by atoms with Crippen molar-refractivity contribution >= 4 is 23.3 Å². The van der Waals surface area contributed by atoms with E-state index in [0.717, 1.165) is 24.1 Å². The molecule has 0 spiro atoms. The Labute approximate surface area is 198 Å². The lowest BCUT2D eigenvalue weighted by molar-refractivity contribution is -0.140. The first-order chi connectivity index (χ1) is 16.1. The van der Waals surface area contributed by atoms with E-state index in [1.165, 1.54) is 46.5 Å². The van der Waals surface area contributed by atoms with Crippen LogP contribution in [0, 0.1) is 6.92 Å².